The standard InChI is InChI=1S/C23H33N5O/c1-5-25-23(27-16-19-9-6-10-20(14-19)17-28(3)4)26-13-12-18-8-7-11-21(15-18)22(29)24-2/h6-11,14-15H,5,12-13,16-17H2,1-4H3,(H,24,29)(H2,25,26,27). The third-order valence-electron chi connectivity index (χ3n) is 4.38. The Labute approximate surface area is 174 Å². The second kappa shape index (κ2) is 11.9. The molecule has 3 N–H and O–H groups in total. The van der Waals surface area contributed by atoms with Gasteiger partial charge in [0.15, 0.2) is 5.96 Å². The van der Waals surface area contributed by atoms with Crippen molar-refractivity contribution in [1.29, 1.82) is 0 Å². The number of nitrogens with one attached hydrogen (secondary N) is 3. The lowest BCUT2D eigenvalue weighted by atomic mass is 10.1. The molecule has 6 nitrogen and oxygen atoms in total. The molecule has 156 valence electrons. The molecule has 0 unspecified atom stereocenters. The van der Waals surface area contributed by atoms with Crippen LogP contribution in [0.25, 0.3) is 0 Å². The van der Waals surface area contributed by atoms with Gasteiger partial charge in [0.2, 0.25) is 0 Å². The van der Waals surface area contributed by atoms with Gasteiger partial charge in [-0.2, -0.15) is 0 Å². The maximum Gasteiger partial charge on any atom is 0.251 e. The third-order valence-corrected chi connectivity index (χ3v) is 4.38. The molecule has 2 aromatic carbocycles. The van der Waals surface area contributed by atoms with Gasteiger partial charge < -0.3 is 20.9 Å². The van der Waals surface area contributed by atoms with Crippen molar-refractivity contribution in [1.82, 2.24) is 20.9 Å². The van der Waals surface area contributed by atoms with E-state index in [-0.39, 0.29) is 5.91 Å². The van der Waals surface area contributed by atoms with Crippen molar-refractivity contribution in [3.8, 4) is 0 Å². The number of nitrogens with zero attached hydrogens (tertiary/aromatic N) is 2. The first-order chi connectivity index (χ1) is 14.0. The number of hydrogen-bond acceptors (Lipinski definition) is 3. The summed E-state index contributed by atoms with van der Waals surface area (Å²) >= 11 is 0. The Kier molecular flexibility index (Phi) is 9.18. The van der Waals surface area contributed by atoms with E-state index in [0.29, 0.717) is 12.1 Å². The summed E-state index contributed by atoms with van der Waals surface area (Å²) in [6, 6.07) is 16.3. The fraction of sp³-hybridized carbons (Fsp3) is 0.391. The van der Waals surface area contributed by atoms with E-state index in [2.05, 4.69) is 66.1 Å². The van der Waals surface area contributed by atoms with Crippen molar-refractivity contribution in [2.45, 2.75) is 26.4 Å². The van der Waals surface area contributed by atoms with E-state index in [1.54, 1.807) is 7.05 Å². The molecule has 0 fully saturated rings. The first-order valence-electron chi connectivity index (χ1n) is 10.1. The van der Waals surface area contributed by atoms with Gasteiger partial charge in [-0.3, -0.25) is 4.79 Å². The first kappa shape index (κ1) is 22.4. The van der Waals surface area contributed by atoms with Crippen LogP contribution in [0, 0.1) is 0 Å². The van der Waals surface area contributed by atoms with E-state index in [0.717, 1.165) is 37.6 Å². The van der Waals surface area contributed by atoms with E-state index >= 15 is 0 Å². The normalized spacial score (nSPS) is 11.4. The summed E-state index contributed by atoms with van der Waals surface area (Å²) in [6.07, 6.45) is 0.813. The minimum Gasteiger partial charge on any atom is -0.357 e. The highest BCUT2D eigenvalue weighted by Crippen LogP contribution is 2.08. The Hall–Kier alpha value is -2.86. The number of guanidine groups is 1. The number of aliphatic imine (C=N–C) groups is 1. The van der Waals surface area contributed by atoms with E-state index in [1.807, 2.05) is 24.3 Å². The van der Waals surface area contributed by atoms with Gasteiger partial charge in [-0.15, -0.1) is 0 Å². The number of benzene rings is 2. The Morgan fingerprint density at radius 2 is 1.72 bits per heavy atom. The van der Waals surface area contributed by atoms with E-state index in [9.17, 15) is 4.79 Å². The third kappa shape index (κ3) is 7.95. The Morgan fingerprint density at radius 1 is 1.00 bits per heavy atom. The molecule has 6 heteroatoms. The average molecular weight is 396 g/mol. The van der Waals surface area contributed by atoms with Crippen molar-refractivity contribution >= 4 is 11.9 Å². The van der Waals surface area contributed by atoms with Gasteiger partial charge >= 0.3 is 0 Å². The predicted octanol–water partition coefficient (Wildman–Crippen LogP) is 2.41. The number of carbonyl (C=O) groups excluding carboxylic acids is 1. The maximum absolute atomic E-state index is 11.8. The quantitative estimate of drug-likeness (QED) is 0.451. The zero-order valence-electron chi connectivity index (χ0n) is 18.0. The zero-order valence-corrected chi connectivity index (χ0v) is 18.0. The lowest BCUT2D eigenvalue weighted by molar-refractivity contribution is 0.0963. The van der Waals surface area contributed by atoms with E-state index in [4.69, 9.17) is 4.99 Å². The monoisotopic (exact) mass is 395 g/mol. The van der Waals surface area contributed by atoms with Crippen LogP contribution in [0.5, 0.6) is 0 Å². The van der Waals surface area contributed by atoms with Crippen molar-refractivity contribution in [2.75, 3.05) is 34.2 Å². The van der Waals surface area contributed by atoms with Crippen LogP contribution >= 0.6 is 0 Å². The zero-order chi connectivity index (χ0) is 21.1. The molecule has 29 heavy (non-hydrogen) atoms. The van der Waals surface area contributed by atoms with Crippen LogP contribution in [-0.2, 0) is 19.5 Å². The summed E-state index contributed by atoms with van der Waals surface area (Å²) < 4.78 is 0. The summed E-state index contributed by atoms with van der Waals surface area (Å²) in [4.78, 5) is 18.6. The fourth-order valence-corrected chi connectivity index (χ4v) is 3.04. The Morgan fingerprint density at radius 3 is 2.45 bits per heavy atom. The summed E-state index contributed by atoms with van der Waals surface area (Å²) in [5, 5.41) is 9.33. The van der Waals surface area contributed by atoms with Crippen LogP contribution in [0.15, 0.2) is 53.5 Å². The van der Waals surface area contributed by atoms with Crippen LogP contribution in [0.1, 0.15) is 34.0 Å². The highest BCUT2D eigenvalue weighted by Gasteiger charge is 2.04. The number of amides is 1. The van der Waals surface area contributed by atoms with Gasteiger partial charge in [0.25, 0.3) is 5.91 Å². The molecule has 0 atom stereocenters. The summed E-state index contributed by atoms with van der Waals surface area (Å²) in [7, 11) is 5.79. The molecule has 0 aliphatic rings. The Balaban J connectivity index is 1.93. The molecule has 0 aromatic heterocycles. The molecule has 0 aliphatic heterocycles. The van der Waals surface area contributed by atoms with Gasteiger partial charge in [0.05, 0.1) is 6.54 Å². The van der Waals surface area contributed by atoms with Crippen LogP contribution in [-0.4, -0.2) is 51.0 Å². The SMILES string of the molecule is CCNC(=NCc1cccc(CN(C)C)c1)NCCc1cccc(C(=O)NC)c1. The average Bonchev–Trinajstić information content (AvgIpc) is 2.71. The van der Waals surface area contributed by atoms with E-state index in [1.165, 1.54) is 11.1 Å². The molecule has 0 bridgehead atoms. The fourth-order valence-electron chi connectivity index (χ4n) is 3.04. The van der Waals surface area contributed by atoms with Gasteiger partial charge in [-0.1, -0.05) is 36.4 Å². The van der Waals surface area contributed by atoms with Gasteiger partial charge in [0.1, 0.15) is 0 Å². The van der Waals surface area contributed by atoms with Crippen molar-refractivity contribution < 1.29 is 4.79 Å². The first-order valence-corrected chi connectivity index (χ1v) is 10.1. The highest BCUT2D eigenvalue weighted by atomic mass is 16.1. The van der Waals surface area contributed by atoms with Crippen molar-refractivity contribution in [2.24, 2.45) is 4.99 Å². The lowest BCUT2D eigenvalue weighted by Gasteiger charge is -2.13. The molecule has 2 aromatic rings. The minimum atomic E-state index is -0.0637. The molecule has 0 saturated heterocycles. The molecular formula is C23H33N5O. The Bertz CT molecular complexity index is 816. The van der Waals surface area contributed by atoms with Crippen LogP contribution in [0.2, 0.25) is 0 Å². The number of rotatable bonds is 9. The van der Waals surface area contributed by atoms with Crippen LogP contribution < -0.4 is 16.0 Å². The predicted molar refractivity (Wildman–Crippen MR) is 120 cm³/mol. The highest BCUT2D eigenvalue weighted by molar-refractivity contribution is 5.94. The summed E-state index contributed by atoms with van der Waals surface area (Å²) in [5.41, 5.74) is 4.28. The summed E-state index contributed by atoms with van der Waals surface area (Å²) in [6.45, 7) is 5.15. The van der Waals surface area contributed by atoms with E-state index < -0.39 is 0 Å². The van der Waals surface area contributed by atoms with Gasteiger partial charge in [0, 0.05) is 32.2 Å². The molecule has 0 radical (unpaired) electrons. The molecule has 2 rings (SSSR count). The smallest absolute Gasteiger partial charge is 0.251 e. The van der Waals surface area contributed by atoms with Crippen molar-refractivity contribution in [3.63, 3.8) is 0 Å². The summed E-state index contributed by atoms with van der Waals surface area (Å²) in [5.74, 6) is 0.735. The minimum absolute atomic E-state index is 0.0637. The second-order valence-corrected chi connectivity index (χ2v) is 7.21. The molecule has 0 aliphatic carbocycles. The molecule has 0 heterocycles. The lowest BCUT2D eigenvalue weighted by Crippen LogP contribution is -2.38. The number of hydrogen-bond donors (Lipinski definition) is 3. The largest absolute Gasteiger partial charge is 0.357 e. The number of carbonyl (C=O) groups is 1. The van der Waals surface area contributed by atoms with Gasteiger partial charge in [-0.25, -0.2) is 4.99 Å². The van der Waals surface area contributed by atoms with Crippen molar-refractivity contribution in [3.05, 3.63) is 70.8 Å². The second-order valence-electron chi connectivity index (χ2n) is 7.21. The maximum atomic E-state index is 11.8. The molecular weight excluding hydrogens is 362 g/mol. The van der Waals surface area contributed by atoms with Crippen LogP contribution in [0.4, 0.5) is 0 Å². The van der Waals surface area contributed by atoms with Crippen LogP contribution in [0.3, 0.4) is 0 Å². The molecule has 1 amide bonds. The molecule has 0 saturated carbocycles. The topological polar surface area (TPSA) is 68.8 Å². The molecule has 0 spiro atoms. The van der Waals surface area contributed by atoms with Gasteiger partial charge in [-0.05, 0) is 56.3 Å².